The van der Waals surface area contributed by atoms with Crippen molar-refractivity contribution in [2.24, 2.45) is 16.8 Å². The molecule has 2 amide bonds. The number of nitrogens with zero attached hydrogens (tertiary/aromatic N) is 4. The number of hydrazine groups is 1. The Bertz CT molecular complexity index is 999. The highest BCUT2D eigenvalue weighted by Crippen LogP contribution is 2.35. The molecule has 176 valence electrons. The van der Waals surface area contributed by atoms with E-state index < -0.39 is 0 Å². The van der Waals surface area contributed by atoms with Crippen molar-refractivity contribution in [3.63, 3.8) is 0 Å². The molecule has 1 aromatic carbocycles. The van der Waals surface area contributed by atoms with Gasteiger partial charge in [-0.05, 0) is 44.2 Å². The van der Waals surface area contributed by atoms with Gasteiger partial charge in [0.1, 0.15) is 12.0 Å². The first-order valence-corrected chi connectivity index (χ1v) is 11.9. The molecule has 3 atom stereocenters. The molecule has 4 heterocycles. The number of hydrazone groups is 1. The minimum atomic E-state index is -0.258. The van der Waals surface area contributed by atoms with Crippen LogP contribution in [0.4, 0.5) is 0 Å². The van der Waals surface area contributed by atoms with E-state index in [1.807, 2.05) is 11.1 Å². The zero-order valence-corrected chi connectivity index (χ0v) is 19.3. The maximum Gasteiger partial charge on any atom is 0.223 e. The van der Waals surface area contributed by atoms with Crippen LogP contribution < -0.4 is 16.6 Å². The second-order valence-corrected chi connectivity index (χ2v) is 9.62. The molecule has 33 heavy (non-hydrogen) atoms. The molecule has 0 aliphatic carbocycles. The zero-order chi connectivity index (χ0) is 23.1. The molecular weight excluding hydrogens is 418 g/mol. The Labute approximate surface area is 194 Å². The van der Waals surface area contributed by atoms with E-state index in [4.69, 9.17) is 5.73 Å². The molecule has 2 saturated heterocycles. The van der Waals surface area contributed by atoms with E-state index in [1.54, 1.807) is 0 Å². The fourth-order valence-corrected chi connectivity index (χ4v) is 5.44. The number of hydrogen-bond donors (Lipinski definition) is 3. The summed E-state index contributed by atoms with van der Waals surface area (Å²) in [7, 11) is 0. The molecular formula is C24H33N7O2. The van der Waals surface area contributed by atoms with Crippen LogP contribution in [0.1, 0.15) is 54.8 Å². The Kier molecular flexibility index (Phi) is 5.74. The fraction of sp³-hybridized carbons (Fsp3) is 0.542. The number of carbonyl (C=O) groups is 2. The number of nitrogens with one attached hydrogen (secondary N) is 2. The average Bonchev–Trinajstić information content (AvgIpc) is 3.43. The lowest BCUT2D eigenvalue weighted by molar-refractivity contribution is -0.134. The molecule has 0 bridgehead atoms. The van der Waals surface area contributed by atoms with Gasteiger partial charge in [-0.2, -0.15) is 5.10 Å². The van der Waals surface area contributed by atoms with E-state index in [-0.39, 0.29) is 36.0 Å². The van der Waals surface area contributed by atoms with Crippen LogP contribution in [0.25, 0.3) is 0 Å². The van der Waals surface area contributed by atoms with Crippen LogP contribution in [0.2, 0.25) is 0 Å². The summed E-state index contributed by atoms with van der Waals surface area (Å²) in [6.07, 6.45) is 7.46. The van der Waals surface area contributed by atoms with Crippen LogP contribution in [-0.2, 0) is 9.59 Å². The van der Waals surface area contributed by atoms with E-state index in [9.17, 15) is 9.59 Å². The molecule has 9 heteroatoms. The lowest BCUT2D eigenvalue weighted by atomic mass is 9.95. The third kappa shape index (κ3) is 4.17. The highest BCUT2D eigenvalue weighted by atomic mass is 16.2. The Balaban J connectivity index is 1.17. The first-order valence-electron chi connectivity index (χ1n) is 11.9. The lowest BCUT2D eigenvalue weighted by Crippen LogP contribution is -2.54. The van der Waals surface area contributed by atoms with Crippen molar-refractivity contribution in [1.29, 1.82) is 0 Å². The van der Waals surface area contributed by atoms with Crippen LogP contribution in [-0.4, -0.2) is 57.8 Å². The third-order valence-corrected chi connectivity index (χ3v) is 7.44. The van der Waals surface area contributed by atoms with Crippen molar-refractivity contribution in [2.75, 3.05) is 13.1 Å². The number of nitrogens with two attached hydrogens (primary N) is 1. The van der Waals surface area contributed by atoms with Gasteiger partial charge in [-0.1, -0.05) is 23.8 Å². The molecule has 4 N–H and O–H groups in total. The Morgan fingerprint density at radius 1 is 1.18 bits per heavy atom. The number of carbonyl (C=O) groups excluding carboxylic acids is 2. The number of aryl methyl sites for hydroxylation is 2. The first kappa shape index (κ1) is 21.8. The summed E-state index contributed by atoms with van der Waals surface area (Å²) in [6.45, 7) is 5.50. The van der Waals surface area contributed by atoms with Gasteiger partial charge in [0.25, 0.3) is 0 Å². The number of amidine groups is 1. The van der Waals surface area contributed by atoms with Crippen LogP contribution in [0, 0.1) is 19.8 Å². The van der Waals surface area contributed by atoms with Crippen molar-refractivity contribution in [2.45, 2.75) is 64.2 Å². The molecule has 1 aromatic rings. The summed E-state index contributed by atoms with van der Waals surface area (Å²) in [5, 5.41) is 6.77. The summed E-state index contributed by atoms with van der Waals surface area (Å²) in [6, 6.07) is 7.12. The van der Waals surface area contributed by atoms with Gasteiger partial charge in [-0.15, -0.1) is 0 Å². The lowest BCUT2D eigenvalue weighted by Gasteiger charge is -2.37. The number of likely N-dealkylation sites (tertiary alicyclic amines) is 1. The number of fused-ring (bicyclic) bond motifs is 3. The van der Waals surface area contributed by atoms with E-state index >= 15 is 0 Å². The highest BCUT2D eigenvalue weighted by Gasteiger charge is 2.44. The predicted molar refractivity (Wildman–Crippen MR) is 125 cm³/mol. The maximum absolute atomic E-state index is 12.7. The summed E-state index contributed by atoms with van der Waals surface area (Å²) in [4.78, 5) is 28.1. The van der Waals surface area contributed by atoms with Gasteiger partial charge >= 0.3 is 0 Å². The second-order valence-electron chi connectivity index (χ2n) is 9.62. The van der Waals surface area contributed by atoms with E-state index in [2.05, 4.69) is 64.1 Å². The molecule has 0 aromatic heterocycles. The van der Waals surface area contributed by atoms with Crippen molar-refractivity contribution in [1.82, 2.24) is 25.7 Å². The number of amides is 2. The Morgan fingerprint density at radius 3 is 2.73 bits per heavy atom. The van der Waals surface area contributed by atoms with E-state index in [0.29, 0.717) is 38.8 Å². The molecule has 2 fully saturated rings. The average molecular weight is 452 g/mol. The molecule has 9 nitrogen and oxygen atoms in total. The number of piperidine rings is 1. The van der Waals surface area contributed by atoms with E-state index in [1.165, 1.54) is 16.7 Å². The van der Waals surface area contributed by atoms with Crippen molar-refractivity contribution < 1.29 is 9.59 Å². The van der Waals surface area contributed by atoms with Gasteiger partial charge < -0.3 is 20.5 Å². The number of benzene rings is 1. The summed E-state index contributed by atoms with van der Waals surface area (Å²) >= 11 is 0. The van der Waals surface area contributed by atoms with Crippen LogP contribution in [0.5, 0.6) is 0 Å². The summed E-state index contributed by atoms with van der Waals surface area (Å²) < 4.78 is 0. The summed E-state index contributed by atoms with van der Waals surface area (Å²) in [5.74, 6) is 0.648. The monoisotopic (exact) mass is 451 g/mol. The first-order chi connectivity index (χ1) is 15.9. The SMILES string of the molecule is Cc1ccc(C)c(C2CC3C4NN=C(CCC(=O)N5CCC(C(N)=O)CC5)N4C=CN3N2)c1. The topological polar surface area (TPSA) is 106 Å². The number of primary amides is 1. The second kappa shape index (κ2) is 8.70. The molecule has 0 saturated carbocycles. The molecule has 4 aliphatic rings. The van der Waals surface area contributed by atoms with Gasteiger partial charge in [0, 0.05) is 44.2 Å². The largest absolute Gasteiger partial charge is 0.369 e. The van der Waals surface area contributed by atoms with Gasteiger partial charge in [0.2, 0.25) is 11.8 Å². The molecule has 3 unspecified atom stereocenters. The van der Waals surface area contributed by atoms with Crippen molar-refractivity contribution in [3.05, 3.63) is 47.3 Å². The van der Waals surface area contributed by atoms with Gasteiger partial charge in [0.15, 0.2) is 0 Å². The standard InChI is InChI=1S/C24H33N7O2/c1-15-3-4-16(2)18(13-15)19-14-20-24-27-26-21(30(24)11-12-31(20)28-19)5-6-22(32)29-9-7-17(8-10-29)23(25)33/h3-4,11-13,17,19-20,24,27-28H,5-10,14H2,1-2H3,(H2,25,33). The normalized spacial score (nSPS) is 26.7. The highest BCUT2D eigenvalue weighted by molar-refractivity contribution is 5.89. The minimum Gasteiger partial charge on any atom is -0.369 e. The van der Waals surface area contributed by atoms with Crippen LogP contribution >= 0.6 is 0 Å². The summed E-state index contributed by atoms with van der Waals surface area (Å²) in [5.41, 5.74) is 16.3. The molecule has 0 radical (unpaired) electrons. The minimum absolute atomic E-state index is 0.0500. The number of rotatable bonds is 5. The predicted octanol–water partition coefficient (Wildman–Crippen LogP) is 1.46. The fourth-order valence-electron chi connectivity index (χ4n) is 5.44. The van der Waals surface area contributed by atoms with Crippen LogP contribution in [0.15, 0.2) is 35.7 Å². The number of hydrogen-bond acceptors (Lipinski definition) is 7. The van der Waals surface area contributed by atoms with Gasteiger partial charge in [0.05, 0.1) is 12.1 Å². The Hall–Kier alpha value is -3.07. The maximum atomic E-state index is 12.7. The van der Waals surface area contributed by atoms with Gasteiger partial charge in [-0.25, -0.2) is 5.43 Å². The molecule has 0 spiro atoms. The van der Waals surface area contributed by atoms with Crippen molar-refractivity contribution in [3.8, 4) is 0 Å². The van der Waals surface area contributed by atoms with Crippen LogP contribution in [0.3, 0.4) is 0 Å². The molecule has 4 aliphatic heterocycles. The van der Waals surface area contributed by atoms with E-state index in [0.717, 1.165) is 12.3 Å². The van der Waals surface area contributed by atoms with Gasteiger partial charge in [-0.3, -0.25) is 15.0 Å². The Morgan fingerprint density at radius 2 is 1.97 bits per heavy atom. The smallest absolute Gasteiger partial charge is 0.223 e. The molecule has 5 rings (SSSR count). The zero-order valence-electron chi connectivity index (χ0n) is 19.3. The quantitative estimate of drug-likeness (QED) is 0.626. The third-order valence-electron chi connectivity index (χ3n) is 7.44. The van der Waals surface area contributed by atoms with Crippen molar-refractivity contribution >= 4 is 17.6 Å².